The fourth-order valence-corrected chi connectivity index (χ4v) is 4.12. The highest BCUT2D eigenvalue weighted by Crippen LogP contribution is 2.25. The van der Waals surface area contributed by atoms with Gasteiger partial charge in [-0.25, -0.2) is 14.2 Å². The summed E-state index contributed by atoms with van der Waals surface area (Å²) in [5, 5.41) is 12.4. The number of halogens is 1. The normalized spacial score (nSPS) is 18.5. The third-order valence-corrected chi connectivity index (χ3v) is 5.72. The molecule has 1 aromatic carbocycles. The number of ether oxygens (including phenoxy) is 1. The molecule has 1 saturated heterocycles. The summed E-state index contributed by atoms with van der Waals surface area (Å²) >= 11 is 1.36. The molecule has 30 heavy (non-hydrogen) atoms. The summed E-state index contributed by atoms with van der Waals surface area (Å²) in [6.07, 6.45) is 0.601. The molecule has 7 nitrogen and oxygen atoms in total. The van der Waals surface area contributed by atoms with Crippen LogP contribution in [0.25, 0.3) is 10.8 Å². The number of likely N-dealkylation sites (tertiary alicyclic amines) is 1. The Hall–Kier alpha value is -3.04. The second-order valence-corrected chi connectivity index (χ2v) is 7.81. The number of aliphatic hydroxyl groups excluding tert-OH is 1. The second-order valence-electron chi connectivity index (χ2n) is 6.95. The molecule has 0 bridgehead atoms. The molecule has 2 aromatic heterocycles. The lowest BCUT2D eigenvalue weighted by Gasteiger charge is -2.23. The molecule has 3 aromatic rings. The molecule has 1 aliphatic rings. The minimum Gasteiger partial charge on any atom is -0.462 e. The highest BCUT2D eigenvalue weighted by Gasteiger charge is 2.40. The van der Waals surface area contributed by atoms with E-state index in [9.17, 15) is 19.1 Å². The molecule has 0 saturated carbocycles. The highest BCUT2D eigenvalue weighted by molar-refractivity contribution is 7.13. The fraction of sp³-hybridized carbons (Fsp3) is 0.286. The van der Waals surface area contributed by atoms with Crippen LogP contribution in [0.2, 0.25) is 0 Å². The van der Waals surface area contributed by atoms with Gasteiger partial charge in [0.2, 0.25) is 5.91 Å². The number of thiazole rings is 1. The number of aromatic nitrogens is 1. The zero-order valence-electron chi connectivity index (χ0n) is 15.9. The number of β-amino-alcohol motifs (C(OH)–C–C–N with tert-alkyl or cyclic N) is 1. The smallest absolute Gasteiger partial charge is 0.329 e. The van der Waals surface area contributed by atoms with Crippen molar-refractivity contribution in [2.45, 2.75) is 31.6 Å². The minimum absolute atomic E-state index is 0.00634. The average molecular weight is 430 g/mol. The highest BCUT2D eigenvalue weighted by atomic mass is 32.1. The summed E-state index contributed by atoms with van der Waals surface area (Å²) in [4.78, 5) is 30.9. The zero-order valence-corrected chi connectivity index (χ0v) is 16.7. The predicted molar refractivity (Wildman–Crippen MR) is 106 cm³/mol. The van der Waals surface area contributed by atoms with E-state index in [0.29, 0.717) is 16.5 Å². The average Bonchev–Trinajstić information content (AvgIpc) is 3.48. The van der Waals surface area contributed by atoms with Crippen molar-refractivity contribution in [1.82, 2.24) is 9.88 Å². The van der Waals surface area contributed by atoms with E-state index < -0.39 is 29.8 Å². The van der Waals surface area contributed by atoms with Crippen LogP contribution in [0.5, 0.6) is 0 Å². The number of amides is 1. The van der Waals surface area contributed by atoms with Crippen molar-refractivity contribution in [3.63, 3.8) is 0 Å². The molecule has 1 amide bonds. The molecule has 4 rings (SSSR count). The zero-order chi connectivity index (χ0) is 21.1. The van der Waals surface area contributed by atoms with Crippen molar-refractivity contribution in [2.24, 2.45) is 0 Å². The standard InChI is InChI=1S/C21H19FN2O5S/c22-16-5-2-1-4-13(16)8-19(26)24-10-15(25)9-17(24)21(27)29-11-14-12-30-20(23-14)18-6-3-7-28-18/h1-7,12,15,17,25H,8-11H2. The van der Waals surface area contributed by atoms with E-state index in [0.717, 1.165) is 0 Å². The van der Waals surface area contributed by atoms with Crippen LogP contribution < -0.4 is 0 Å². The van der Waals surface area contributed by atoms with Gasteiger partial charge in [0.15, 0.2) is 10.8 Å². The Kier molecular flexibility index (Phi) is 5.91. The lowest BCUT2D eigenvalue weighted by Crippen LogP contribution is -2.42. The Labute approximate surface area is 175 Å². The van der Waals surface area contributed by atoms with E-state index in [4.69, 9.17) is 9.15 Å². The Morgan fingerprint density at radius 2 is 2.13 bits per heavy atom. The summed E-state index contributed by atoms with van der Waals surface area (Å²) < 4.78 is 24.5. The number of hydrogen-bond acceptors (Lipinski definition) is 7. The van der Waals surface area contributed by atoms with E-state index in [1.54, 1.807) is 35.9 Å². The molecule has 9 heteroatoms. The number of carbonyl (C=O) groups is 2. The maximum atomic E-state index is 13.9. The lowest BCUT2D eigenvalue weighted by atomic mass is 10.1. The number of rotatable bonds is 6. The number of benzene rings is 1. The maximum Gasteiger partial charge on any atom is 0.329 e. The summed E-state index contributed by atoms with van der Waals surface area (Å²) in [7, 11) is 0. The first-order valence-corrected chi connectivity index (χ1v) is 10.2. The quantitative estimate of drug-likeness (QED) is 0.605. The Morgan fingerprint density at radius 1 is 1.30 bits per heavy atom. The van der Waals surface area contributed by atoms with Gasteiger partial charge in [0.25, 0.3) is 0 Å². The Balaban J connectivity index is 1.38. The Bertz CT molecular complexity index is 1040. The second kappa shape index (κ2) is 8.76. The van der Waals surface area contributed by atoms with Gasteiger partial charge in [-0.05, 0) is 23.8 Å². The van der Waals surface area contributed by atoms with Crippen molar-refractivity contribution in [3.8, 4) is 10.8 Å². The van der Waals surface area contributed by atoms with Gasteiger partial charge in [0.1, 0.15) is 18.5 Å². The molecule has 1 fully saturated rings. The van der Waals surface area contributed by atoms with E-state index in [2.05, 4.69) is 4.98 Å². The molecular formula is C21H19FN2O5S. The molecule has 0 radical (unpaired) electrons. The number of hydrogen-bond donors (Lipinski definition) is 1. The van der Waals surface area contributed by atoms with Crippen LogP contribution in [0.15, 0.2) is 52.5 Å². The fourth-order valence-electron chi connectivity index (χ4n) is 3.35. The number of esters is 1. The van der Waals surface area contributed by atoms with Gasteiger partial charge in [-0.3, -0.25) is 4.79 Å². The van der Waals surface area contributed by atoms with Gasteiger partial charge in [-0.15, -0.1) is 11.3 Å². The summed E-state index contributed by atoms with van der Waals surface area (Å²) in [5.74, 6) is -0.921. The van der Waals surface area contributed by atoms with Crippen molar-refractivity contribution in [2.75, 3.05) is 6.54 Å². The van der Waals surface area contributed by atoms with Gasteiger partial charge in [0.05, 0.1) is 24.5 Å². The molecule has 3 heterocycles. The molecule has 2 atom stereocenters. The monoisotopic (exact) mass is 430 g/mol. The van der Waals surface area contributed by atoms with Gasteiger partial charge in [0, 0.05) is 18.3 Å². The molecule has 156 valence electrons. The number of furan rings is 1. The molecular weight excluding hydrogens is 411 g/mol. The van der Waals surface area contributed by atoms with Crippen molar-refractivity contribution in [3.05, 3.63) is 65.1 Å². The number of carbonyl (C=O) groups excluding carboxylic acids is 2. The van der Waals surface area contributed by atoms with Gasteiger partial charge in [-0.1, -0.05) is 18.2 Å². The van der Waals surface area contributed by atoms with Crippen molar-refractivity contribution in [1.29, 1.82) is 0 Å². The maximum absolute atomic E-state index is 13.9. The molecule has 2 unspecified atom stereocenters. The third kappa shape index (κ3) is 4.42. The van der Waals surface area contributed by atoms with Crippen LogP contribution in [-0.2, 0) is 27.4 Å². The molecule has 0 spiro atoms. The Morgan fingerprint density at radius 3 is 2.90 bits per heavy atom. The van der Waals surface area contributed by atoms with Gasteiger partial charge >= 0.3 is 5.97 Å². The van der Waals surface area contributed by atoms with E-state index >= 15 is 0 Å². The summed E-state index contributed by atoms with van der Waals surface area (Å²) in [5.41, 5.74) is 0.798. The minimum atomic E-state index is -0.914. The number of nitrogens with zero attached hydrogens (tertiary/aromatic N) is 2. The van der Waals surface area contributed by atoms with Crippen LogP contribution in [0.1, 0.15) is 17.7 Å². The van der Waals surface area contributed by atoms with E-state index in [1.165, 1.54) is 28.4 Å². The van der Waals surface area contributed by atoms with E-state index in [-0.39, 0.29) is 31.6 Å². The van der Waals surface area contributed by atoms with Crippen molar-refractivity contribution >= 4 is 23.2 Å². The summed E-state index contributed by atoms with van der Waals surface area (Å²) in [6, 6.07) is 8.61. The topological polar surface area (TPSA) is 92.9 Å². The van der Waals surface area contributed by atoms with Crippen LogP contribution in [-0.4, -0.2) is 45.6 Å². The lowest BCUT2D eigenvalue weighted by molar-refractivity contribution is -0.154. The molecule has 0 aliphatic carbocycles. The number of aliphatic hydroxyl groups is 1. The first kappa shape index (κ1) is 20.2. The third-order valence-electron chi connectivity index (χ3n) is 4.82. The van der Waals surface area contributed by atoms with Crippen LogP contribution in [0.3, 0.4) is 0 Å². The molecule has 1 aliphatic heterocycles. The van der Waals surface area contributed by atoms with Crippen molar-refractivity contribution < 1.29 is 28.2 Å². The van der Waals surface area contributed by atoms with Gasteiger partial charge < -0.3 is 19.2 Å². The molecule has 1 N–H and O–H groups in total. The first-order chi connectivity index (χ1) is 14.5. The van der Waals surface area contributed by atoms with E-state index in [1.807, 2.05) is 0 Å². The van der Waals surface area contributed by atoms with Gasteiger partial charge in [-0.2, -0.15) is 0 Å². The van der Waals surface area contributed by atoms with Crippen LogP contribution in [0.4, 0.5) is 4.39 Å². The predicted octanol–water partition coefficient (Wildman–Crippen LogP) is 2.79. The largest absolute Gasteiger partial charge is 0.462 e. The van der Waals surface area contributed by atoms with Crippen LogP contribution >= 0.6 is 11.3 Å². The first-order valence-electron chi connectivity index (χ1n) is 9.37. The summed E-state index contributed by atoms with van der Waals surface area (Å²) in [6.45, 7) is -0.0512. The SMILES string of the molecule is O=C(OCc1csc(-c2ccco2)n1)C1CC(O)CN1C(=O)Cc1ccccc1F. The van der Waals surface area contributed by atoms with Crippen LogP contribution in [0, 0.1) is 5.82 Å².